The van der Waals surface area contributed by atoms with Crippen molar-refractivity contribution in [3.05, 3.63) is 43.6 Å². The number of aliphatic hydroxyl groups is 2. The summed E-state index contributed by atoms with van der Waals surface area (Å²) >= 11 is 0. The van der Waals surface area contributed by atoms with Crippen LogP contribution in [0.1, 0.15) is 71.1 Å². The van der Waals surface area contributed by atoms with Crippen molar-refractivity contribution in [2.75, 3.05) is 20.2 Å². The second-order valence-electron chi connectivity index (χ2n) is 6.52. The van der Waals surface area contributed by atoms with E-state index >= 15 is 0 Å². The van der Waals surface area contributed by atoms with Gasteiger partial charge in [0.1, 0.15) is 13.8 Å². The summed E-state index contributed by atoms with van der Waals surface area (Å²) < 4.78 is 7.00. The van der Waals surface area contributed by atoms with Crippen molar-refractivity contribution in [1.29, 1.82) is 0 Å². The molecule has 0 saturated heterocycles. The quantitative estimate of drug-likeness (QED) is 0.0448. The van der Waals surface area contributed by atoms with E-state index in [0.29, 0.717) is 13.0 Å². The normalized spacial score (nSPS) is 10.6. The predicted molar refractivity (Wildman–Crippen MR) is 115 cm³/mol. The van der Waals surface area contributed by atoms with Gasteiger partial charge < -0.3 is 14.9 Å². The fraction of sp³-hybridized carbons (Fsp3) is 0.652. The van der Waals surface area contributed by atoms with Gasteiger partial charge in [0.15, 0.2) is 6.29 Å². The van der Waals surface area contributed by atoms with E-state index in [1.54, 1.807) is 4.58 Å². The minimum absolute atomic E-state index is 0. The second kappa shape index (κ2) is 29.1. The molecular formula is C23H42NO3U+. The van der Waals surface area contributed by atoms with Crippen LogP contribution in [0.4, 0.5) is 0 Å². The van der Waals surface area contributed by atoms with Gasteiger partial charge in [0.05, 0.1) is 0 Å². The maximum Gasteiger partial charge on any atom is 2.00 e. The number of allylic oxidation sites excluding steroid dienone is 2. The minimum Gasteiger partial charge on any atom is -0.566 e. The molecule has 2 N–H and O–H groups in total. The first kappa shape index (κ1) is 32.5. The topological polar surface area (TPSA) is 52.7 Å². The maximum atomic E-state index is 9.42. The third-order valence-corrected chi connectivity index (χ3v) is 3.67. The molecule has 1 atom stereocenters. The number of unbranched alkanes of at least 4 members (excludes halogenated alkanes) is 7. The molecule has 0 aromatic rings. The van der Waals surface area contributed by atoms with E-state index < -0.39 is 6.29 Å². The predicted octanol–water partition coefficient (Wildman–Crippen LogP) is 5.21. The number of hydrogen-bond donors (Lipinski definition) is 2. The zero-order chi connectivity index (χ0) is 20.6. The number of rotatable bonds is 17. The van der Waals surface area contributed by atoms with Crippen molar-refractivity contribution >= 4 is 6.72 Å². The first-order chi connectivity index (χ1) is 13.1. The van der Waals surface area contributed by atoms with Crippen molar-refractivity contribution in [3.8, 4) is 0 Å². The van der Waals surface area contributed by atoms with E-state index in [4.69, 9.17) is 9.84 Å². The Balaban J connectivity index is -0.000000441. The molecule has 0 amide bonds. The second-order valence-corrected chi connectivity index (χ2v) is 6.52. The molecule has 0 aliphatic carbocycles. The van der Waals surface area contributed by atoms with Crippen LogP contribution in [0.3, 0.4) is 0 Å². The van der Waals surface area contributed by atoms with E-state index in [1.165, 1.54) is 25.9 Å². The summed E-state index contributed by atoms with van der Waals surface area (Å²) in [5, 5.41) is 17.8. The molecule has 5 heteroatoms. The molecule has 1 unspecified atom stereocenters. The molecule has 0 radical (unpaired) electrons. The monoisotopic (exact) mass is 618 g/mol. The van der Waals surface area contributed by atoms with E-state index in [9.17, 15) is 5.11 Å². The molecule has 0 aromatic heterocycles. The molecule has 160 valence electrons. The van der Waals surface area contributed by atoms with Crippen LogP contribution in [0.5, 0.6) is 0 Å². The molecule has 0 bridgehead atoms. The molecule has 4 nitrogen and oxygen atoms in total. The van der Waals surface area contributed by atoms with Gasteiger partial charge in [-0.25, -0.2) is 13.0 Å². The van der Waals surface area contributed by atoms with Crippen LogP contribution in [0.15, 0.2) is 30.5 Å². The zero-order valence-corrected chi connectivity index (χ0v) is 22.3. The molecule has 0 rings (SSSR count). The van der Waals surface area contributed by atoms with Gasteiger partial charge in [-0.3, -0.25) is 4.58 Å². The van der Waals surface area contributed by atoms with Crippen LogP contribution in [0.25, 0.3) is 0 Å². The smallest absolute Gasteiger partial charge is 0.566 e. The zero-order valence-electron chi connectivity index (χ0n) is 18.1. The van der Waals surface area contributed by atoms with Crippen LogP contribution in [-0.2, 0) is 4.74 Å². The van der Waals surface area contributed by atoms with Gasteiger partial charge in [-0.05, 0) is 57.6 Å². The number of aliphatic hydroxyl groups excluding tert-OH is 2. The Morgan fingerprint density at radius 3 is 2.43 bits per heavy atom. The van der Waals surface area contributed by atoms with Crippen molar-refractivity contribution in [3.63, 3.8) is 0 Å². The van der Waals surface area contributed by atoms with Crippen LogP contribution in [0, 0.1) is 44.1 Å². The molecule has 0 spiro atoms. The Hall–Kier alpha value is -0.138. The van der Waals surface area contributed by atoms with Crippen molar-refractivity contribution < 1.29 is 50.6 Å². The largest absolute Gasteiger partial charge is 2.00 e. The summed E-state index contributed by atoms with van der Waals surface area (Å²) in [6, 6.07) is 0. The Bertz CT molecular complexity index is 393. The van der Waals surface area contributed by atoms with E-state index in [1.807, 2.05) is 32.5 Å². The van der Waals surface area contributed by atoms with E-state index in [2.05, 4.69) is 25.1 Å². The summed E-state index contributed by atoms with van der Waals surface area (Å²) in [6.45, 7) is 11.8. The Morgan fingerprint density at radius 1 is 1.14 bits per heavy atom. The van der Waals surface area contributed by atoms with E-state index in [0.717, 1.165) is 45.1 Å². The third-order valence-electron chi connectivity index (χ3n) is 3.67. The summed E-state index contributed by atoms with van der Waals surface area (Å²) in [5.74, 6) is 0. The van der Waals surface area contributed by atoms with Gasteiger partial charge in [0.25, 0.3) is 0 Å². The average molecular weight is 619 g/mol. The Kier molecular flexibility index (Phi) is 33.8. The van der Waals surface area contributed by atoms with Gasteiger partial charge in [0, 0.05) is 6.54 Å². The van der Waals surface area contributed by atoms with Crippen LogP contribution < -0.4 is 0 Å². The number of hydrogen-bond acceptors (Lipinski definition) is 3. The average Bonchev–Trinajstić information content (AvgIpc) is 2.65. The molecule has 0 fully saturated rings. The van der Waals surface area contributed by atoms with Crippen molar-refractivity contribution in [1.82, 2.24) is 0 Å². The standard InChI is InChI=1S/C12H23NO2.C11H19O.U/c1-4-5-6-7-9-12(14)15-11-8-10-13(2)3;1-2-3-4-5-6-7-8-9-10-11-12;/h4,8,12,14H,1-2,5-7,9-11H2,3H3;2,4,11-12H,5-10H2,1H3;/q;-1;+2. The van der Waals surface area contributed by atoms with Crippen molar-refractivity contribution in [2.24, 2.45) is 0 Å². The van der Waals surface area contributed by atoms with E-state index in [-0.39, 0.29) is 31.1 Å². The molecule has 0 heterocycles. The van der Waals surface area contributed by atoms with Gasteiger partial charge in [0.2, 0.25) is 0 Å². The first-order valence-electron chi connectivity index (χ1n) is 10.1. The first-order valence-corrected chi connectivity index (χ1v) is 10.1. The summed E-state index contributed by atoms with van der Waals surface area (Å²) in [4.78, 5) is 0. The Labute approximate surface area is 197 Å². The van der Waals surface area contributed by atoms with Gasteiger partial charge in [-0.15, -0.1) is 12.3 Å². The van der Waals surface area contributed by atoms with Gasteiger partial charge in [-0.1, -0.05) is 31.9 Å². The minimum atomic E-state index is -0.638. The molecule has 0 aliphatic rings. The molecular weight excluding hydrogens is 576 g/mol. The fourth-order valence-corrected chi connectivity index (χ4v) is 2.18. The number of nitrogens with zero attached hydrogens (tertiary/aromatic N) is 1. The molecule has 0 saturated carbocycles. The molecule has 28 heavy (non-hydrogen) atoms. The van der Waals surface area contributed by atoms with Gasteiger partial charge >= 0.3 is 31.1 Å². The van der Waals surface area contributed by atoms with Crippen molar-refractivity contribution in [2.45, 2.75) is 77.4 Å². The maximum absolute atomic E-state index is 9.42. The molecule has 0 aliphatic heterocycles. The van der Waals surface area contributed by atoms with Crippen LogP contribution >= 0.6 is 0 Å². The summed E-state index contributed by atoms with van der Waals surface area (Å²) in [6.07, 6.45) is 17.8. The summed E-state index contributed by atoms with van der Waals surface area (Å²) in [5.41, 5.74) is 3.05. The summed E-state index contributed by atoms with van der Waals surface area (Å²) in [7, 11) is 1.89. The number of ether oxygens (including phenoxy) is 1. The SMILES string of the molecule is C=CCCCCC(O)OC[CH-]C[N+](=C)C.CC=C=CCCCCCC[CH-]O.[U+2]. The van der Waals surface area contributed by atoms with Crippen LogP contribution in [0.2, 0.25) is 0 Å². The third kappa shape index (κ3) is 33.4. The Morgan fingerprint density at radius 2 is 1.82 bits per heavy atom. The fourth-order valence-electron chi connectivity index (χ4n) is 2.18. The van der Waals surface area contributed by atoms with Crippen LogP contribution in [-0.4, -0.2) is 48.0 Å². The van der Waals surface area contributed by atoms with Gasteiger partial charge in [-0.2, -0.15) is 6.42 Å². The molecule has 0 aromatic carbocycles.